The predicted molar refractivity (Wildman–Crippen MR) is 78.1 cm³/mol. The molecule has 2 rings (SSSR count). The fraction of sp³-hybridized carbons (Fsp3) is 0.867. The first kappa shape index (κ1) is 16.1. The van der Waals surface area contributed by atoms with Crippen molar-refractivity contribution >= 4 is 12.0 Å². The minimum absolute atomic E-state index is 0.127. The zero-order valence-corrected chi connectivity index (χ0v) is 12.7. The van der Waals surface area contributed by atoms with E-state index < -0.39 is 12.1 Å². The molecule has 0 aromatic carbocycles. The average molecular weight is 298 g/mol. The molecule has 21 heavy (non-hydrogen) atoms. The van der Waals surface area contributed by atoms with Crippen LogP contribution in [-0.4, -0.2) is 53.8 Å². The summed E-state index contributed by atoms with van der Waals surface area (Å²) in [4.78, 5) is 24.9. The van der Waals surface area contributed by atoms with Crippen molar-refractivity contribution in [1.29, 1.82) is 0 Å². The van der Waals surface area contributed by atoms with Crippen LogP contribution in [0.1, 0.15) is 45.4 Å². The number of rotatable bonds is 4. The molecule has 1 aliphatic carbocycles. The molecule has 6 nitrogen and oxygen atoms in total. The van der Waals surface area contributed by atoms with Crippen LogP contribution in [0.3, 0.4) is 0 Å². The van der Waals surface area contributed by atoms with Gasteiger partial charge in [0.25, 0.3) is 0 Å². The summed E-state index contributed by atoms with van der Waals surface area (Å²) in [5.41, 5.74) is 0. The molecule has 0 radical (unpaired) electrons. The number of nitrogens with zero attached hydrogens (tertiary/aromatic N) is 1. The zero-order chi connectivity index (χ0) is 15.2. The molecule has 0 aromatic rings. The van der Waals surface area contributed by atoms with Gasteiger partial charge in [0, 0.05) is 12.6 Å². The number of carboxylic acids is 1. The lowest BCUT2D eigenvalue weighted by atomic mass is 9.83. The molecular formula is C15H26N2O4. The largest absolute Gasteiger partial charge is 0.479 e. The minimum Gasteiger partial charge on any atom is -0.479 e. The first-order valence-corrected chi connectivity index (χ1v) is 8.01. The van der Waals surface area contributed by atoms with Gasteiger partial charge >= 0.3 is 12.0 Å². The second-order valence-electron chi connectivity index (χ2n) is 6.01. The van der Waals surface area contributed by atoms with Crippen LogP contribution in [0.2, 0.25) is 0 Å². The molecule has 6 heteroatoms. The number of urea groups is 1. The Morgan fingerprint density at radius 1 is 1.33 bits per heavy atom. The number of amides is 2. The van der Waals surface area contributed by atoms with Crippen molar-refractivity contribution in [1.82, 2.24) is 10.2 Å². The van der Waals surface area contributed by atoms with Gasteiger partial charge < -0.3 is 20.1 Å². The molecule has 0 bridgehead atoms. The van der Waals surface area contributed by atoms with Crippen LogP contribution >= 0.6 is 0 Å². The van der Waals surface area contributed by atoms with E-state index in [4.69, 9.17) is 9.84 Å². The molecular weight excluding hydrogens is 272 g/mol. The molecule has 0 aromatic heterocycles. The van der Waals surface area contributed by atoms with Crippen molar-refractivity contribution in [2.45, 2.75) is 57.6 Å². The van der Waals surface area contributed by atoms with Crippen molar-refractivity contribution in [3.63, 3.8) is 0 Å². The van der Waals surface area contributed by atoms with E-state index >= 15 is 0 Å². The van der Waals surface area contributed by atoms with Crippen LogP contribution in [0.4, 0.5) is 4.79 Å². The predicted octanol–water partition coefficient (Wildman–Crippen LogP) is 1.84. The van der Waals surface area contributed by atoms with Gasteiger partial charge in [0.05, 0.1) is 13.2 Å². The van der Waals surface area contributed by atoms with E-state index in [2.05, 4.69) is 12.2 Å². The average Bonchev–Trinajstić information content (AvgIpc) is 2.53. The summed E-state index contributed by atoms with van der Waals surface area (Å²) in [6.45, 7) is 2.96. The summed E-state index contributed by atoms with van der Waals surface area (Å²) in [6, 6.07) is 0.0471. The molecule has 1 heterocycles. The molecule has 1 saturated carbocycles. The fourth-order valence-electron chi connectivity index (χ4n) is 3.32. The van der Waals surface area contributed by atoms with Crippen LogP contribution in [0.5, 0.6) is 0 Å². The highest BCUT2D eigenvalue weighted by Gasteiger charge is 2.31. The Hall–Kier alpha value is -1.30. The summed E-state index contributed by atoms with van der Waals surface area (Å²) in [6.07, 6.45) is 6.16. The van der Waals surface area contributed by atoms with Crippen LogP contribution < -0.4 is 5.32 Å². The van der Waals surface area contributed by atoms with Gasteiger partial charge in [-0.1, -0.05) is 26.2 Å². The Bertz CT molecular complexity index is 369. The van der Waals surface area contributed by atoms with E-state index in [0.29, 0.717) is 12.5 Å². The first-order chi connectivity index (χ1) is 10.1. The lowest BCUT2D eigenvalue weighted by Crippen LogP contribution is -2.54. The third-order valence-electron chi connectivity index (χ3n) is 4.60. The third kappa shape index (κ3) is 4.33. The molecule has 0 spiro atoms. The summed E-state index contributed by atoms with van der Waals surface area (Å²) in [5, 5.41) is 12.1. The Labute approximate surface area is 125 Å². The van der Waals surface area contributed by atoms with Crippen LogP contribution in [0.25, 0.3) is 0 Å². The highest BCUT2D eigenvalue weighted by atomic mass is 16.5. The van der Waals surface area contributed by atoms with Crippen LogP contribution in [0, 0.1) is 5.92 Å². The number of ether oxygens (including phenoxy) is 1. The maximum absolute atomic E-state index is 12.3. The first-order valence-electron chi connectivity index (χ1n) is 8.01. The van der Waals surface area contributed by atoms with Crippen LogP contribution in [0.15, 0.2) is 0 Å². The van der Waals surface area contributed by atoms with E-state index in [1.54, 1.807) is 4.90 Å². The van der Waals surface area contributed by atoms with Gasteiger partial charge in [-0.25, -0.2) is 9.59 Å². The van der Waals surface area contributed by atoms with Gasteiger partial charge in [0.2, 0.25) is 0 Å². The summed E-state index contributed by atoms with van der Waals surface area (Å²) < 4.78 is 5.15. The van der Waals surface area contributed by atoms with Gasteiger partial charge in [-0.15, -0.1) is 0 Å². The maximum atomic E-state index is 12.3. The van der Waals surface area contributed by atoms with Gasteiger partial charge in [-0.3, -0.25) is 0 Å². The van der Waals surface area contributed by atoms with Crippen molar-refractivity contribution in [3.05, 3.63) is 0 Å². The molecule has 2 N–H and O–H groups in total. The minimum atomic E-state index is -1.01. The standard InChI is InChI=1S/C15H26N2O4/c1-2-12(11-6-4-3-5-7-11)16-15(20)17-8-9-21-13(10-17)14(18)19/h11-13H,2-10H2,1H3,(H,16,20)(H,18,19). The van der Waals surface area contributed by atoms with Gasteiger partial charge in [0.1, 0.15) is 0 Å². The molecule has 1 aliphatic heterocycles. The highest BCUT2D eigenvalue weighted by Crippen LogP contribution is 2.27. The van der Waals surface area contributed by atoms with Gasteiger partial charge in [0.15, 0.2) is 6.10 Å². The van der Waals surface area contributed by atoms with Gasteiger partial charge in [-0.2, -0.15) is 0 Å². The monoisotopic (exact) mass is 298 g/mol. The van der Waals surface area contributed by atoms with Crippen molar-refractivity contribution in [2.24, 2.45) is 5.92 Å². The van der Waals surface area contributed by atoms with Crippen molar-refractivity contribution in [2.75, 3.05) is 19.7 Å². The molecule has 1 saturated heterocycles. The number of hydrogen-bond acceptors (Lipinski definition) is 3. The third-order valence-corrected chi connectivity index (χ3v) is 4.60. The van der Waals surface area contributed by atoms with E-state index in [1.807, 2.05) is 0 Å². The normalized spacial score (nSPS) is 25.4. The van der Waals surface area contributed by atoms with E-state index in [-0.39, 0.29) is 25.2 Å². The lowest BCUT2D eigenvalue weighted by Gasteiger charge is -2.35. The molecule has 2 unspecified atom stereocenters. The molecule has 120 valence electrons. The van der Waals surface area contributed by atoms with Crippen LogP contribution in [-0.2, 0) is 9.53 Å². The fourth-order valence-corrected chi connectivity index (χ4v) is 3.32. The summed E-state index contributed by atoms with van der Waals surface area (Å²) in [7, 11) is 0. The smallest absolute Gasteiger partial charge is 0.334 e. The highest BCUT2D eigenvalue weighted by molar-refractivity contribution is 5.77. The Kier molecular flexibility index (Phi) is 5.85. The number of nitrogens with one attached hydrogen (secondary N) is 1. The Balaban J connectivity index is 1.87. The Morgan fingerprint density at radius 3 is 2.67 bits per heavy atom. The Morgan fingerprint density at radius 2 is 2.05 bits per heavy atom. The SMILES string of the molecule is CCC(NC(=O)N1CCOC(C(=O)O)C1)C1CCCCC1. The van der Waals surface area contributed by atoms with E-state index in [0.717, 1.165) is 6.42 Å². The zero-order valence-electron chi connectivity index (χ0n) is 12.7. The number of aliphatic carboxylic acids is 1. The summed E-state index contributed by atoms with van der Waals surface area (Å²) in [5.74, 6) is -0.448. The second kappa shape index (κ2) is 7.64. The number of hydrogen-bond donors (Lipinski definition) is 2. The molecule has 2 fully saturated rings. The second-order valence-corrected chi connectivity index (χ2v) is 6.01. The van der Waals surface area contributed by atoms with Crippen molar-refractivity contribution < 1.29 is 19.4 Å². The number of morpholine rings is 1. The van der Waals surface area contributed by atoms with Gasteiger partial charge in [-0.05, 0) is 25.2 Å². The molecule has 2 aliphatic rings. The van der Waals surface area contributed by atoms with E-state index in [9.17, 15) is 9.59 Å². The number of carbonyl (C=O) groups is 2. The number of carboxylic acid groups (broad SMARTS) is 1. The lowest BCUT2D eigenvalue weighted by molar-refractivity contribution is -0.154. The molecule has 2 atom stereocenters. The summed E-state index contributed by atoms with van der Waals surface area (Å²) >= 11 is 0. The van der Waals surface area contributed by atoms with E-state index in [1.165, 1.54) is 32.1 Å². The molecule has 2 amide bonds. The quantitative estimate of drug-likeness (QED) is 0.830. The van der Waals surface area contributed by atoms with Crippen molar-refractivity contribution in [3.8, 4) is 0 Å². The topological polar surface area (TPSA) is 78.9 Å². The number of carbonyl (C=O) groups excluding carboxylic acids is 1. The maximum Gasteiger partial charge on any atom is 0.334 e.